The molecule has 1 heterocycles. The van der Waals surface area contributed by atoms with Crippen molar-refractivity contribution in [2.24, 2.45) is 0 Å². The predicted octanol–water partition coefficient (Wildman–Crippen LogP) is 3.16. The molecule has 0 aliphatic heterocycles. The number of esters is 1. The molecule has 2 amide bonds. The summed E-state index contributed by atoms with van der Waals surface area (Å²) in [6, 6.07) is 3.57. The minimum atomic E-state index is -4.53. The molecule has 1 N–H and O–H groups in total. The highest BCUT2D eigenvalue weighted by Crippen LogP contribution is 2.30. The summed E-state index contributed by atoms with van der Waals surface area (Å²) in [7, 11) is 2.62. The van der Waals surface area contributed by atoms with Crippen LogP contribution in [0.5, 0.6) is 0 Å². The van der Waals surface area contributed by atoms with Crippen LogP contribution in [0, 0.1) is 0 Å². The Hall–Kier alpha value is -3.08. The number of halogens is 3. The van der Waals surface area contributed by atoms with E-state index in [-0.39, 0.29) is 37.0 Å². The number of methoxy groups -OCH3 is 2. The third-order valence-corrected chi connectivity index (χ3v) is 3.57. The summed E-state index contributed by atoms with van der Waals surface area (Å²) < 4.78 is 53.0. The van der Waals surface area contributed by atoms with Crippen LogP contribution < -0.4 is 5.32 Å². The predicted molar refractivity (Wildman–Crippen MR) is 90.6 cm³/mol. The fourth-order valence-corrected chi connectivity index (χ4v) is 2.17. The van der Waals surface area contributed by atoms with E-state index in [1.807, 2.05) is 0 Å². The van der Waals surface area contributed by atoms with Crippen LogP contribution in [-0.2, 0) is 22.2 Å². The SMILES string of the molecule is COCCN(Cc1nc(C(=O)OC)co1)C(=O)Nc1cccc(C(F)(F)F)c1. The Morgan fingerprint density at radius 3 is 2.68 bits per heavy atom. The first-order chi connectivity index (χ1) is 13.2. The van der Waals surface area contributed by atoms with Gasteiger partial charge in [-0.2, -0.15) is 13.2 Å². The summed E-state index contributed by atoms with van der Waals surface area (Å²) in [6.45, 7) is 0.142. The van der Waals surface area contributed by atoms with Gasteiger partial charge >= 0.3 is 18.2 Å². The van der Waals surface area contributed by atoms with Gasteiger partial charge in [0.05, 0.1) is 25.8 Å². The zero-order valence-electron chi connectivity index (χ0n) is 15.1. The van der Waals surface area contributed by atoms with Crippen molar-refractivity contribution in [2.45, 2.75) is 12.7 Å². The van der Waals surface area contributed by atoms with E-state index in [0.717, 1.165) is 18.4 Å². The van der Waals surface area contributed by atoms with Crippen LogP contribution in [0.25, 0.3) is 0 Å². The maximum absolute atomic E-state index is 12.8. The number of oxazole rings is 1. The summed E-state index contributed by atoms with van der Waals surface area (Å²) in [4.78, 5) is 29.1. The molecule has 0 atom stereocenters. The van der Waals surface area contributed by atoms with Crippen LogP contribution in [0.3, 0.4) is 0 Å². The van der Waals surface area contributed by atoms with Gasteiger partial charge in [0, 0.05) is 19.3 Å². The van der Waals surface area contributed by atoms with E-state index in [2.05, 4.69) is 15.0 Å². The van der Waals surface area contributed by atoms with Crippen molar-refractivity contribution in [3.8, 4) is 0 Å². The molecule has 28 heavy (non-hydrogen) atoms. The van der Waals surface area contributed by atoms with E-state index >= 15 is 0 Å². The molecule has 0 fully saturated rings. The van der Waals surface area contributed by atoms with Crippen LogP contribution in [0.15, 0.2) is 34.9 Å². The Bertz CT molecular complexity index is 822. The second-order valence-electron chi connectivity index (χ2n) is 5.54. The smallest absolute Gasteiger partial charge is 0.416 e. The second-order valence-corrected chi connectivity index (χ2v) is 5.54. The zero-order valence-corrected chi connectivity index (χ0v) is 15.1. The number of benzene rings is 1. The largest absolute Gasteiger partial charge is 0.464 e. The lowest BCUT2D eigenvalue weighted by Gasteiger charge is -2.21. The van der Waals surface area contributed by atoms with Gasteiger partial charge in [-0.3, -0.25) is 0 Å². The molecule has 11 heteroatoms. The molecular weight excluding hydrogens is 383 g/mol. The lowest BCUT2D eigenvalue weighted by Crippen LogP contribution is -2.37. The van der Waals surface area contributed by atoms with Gasteiger partial charge in [-0.05, 0) is 18.2 Å². The molecule has 0 aliphatic rings. The van der Waals surface area contributed by atoms with Crippen molar-refractivity contribution in [1.29, 1.82) is 0 Å². The minimum Gasteiger partial charge on any atom is -0.464 e. The normalized spacial score (nSPS) is 11.2. The molecule has 1 aromatic carbocycles. The molecule has 0 spiro atoms. The highest BCUT2D eigenvalue weighted by Gasteiger charge is 2.30. The summed E-state index contributed by atoms with van der Waals surface area (Å²) in [5, 5.41) is 2.39. The van der Waals surface area contributed by atoms with Crippen molar-refractivity contribution in [2.75, 3.05) is 32.7 Å². The van der Waals surface area contributed by atoms with Gasteiger partial charge in [0.1, 0.15) is 6.26 Å². The van der Waals surface area contributed by atoms with Gasteiger partial charge < -0.3 is 24.1 Å². The standard InChI is InChI=1S/C17H18F3N3O5/c1-26-7-6-23(9-14-22-13(10-28-14)15(24)27-2)16(25)21-12-5-3-4-11(8-12)17(18,19)20/h3-5,8,10H,6-7,9H2,1-2H3,(H,21,25). The molecule has 0 aliphatic carbocycles. The second kappa shape index (κ2) is 9.22. The Morgan fingerprint density at radius 2 is 2.04 bits per heavy atom. The average molecular weight is 401 g/mol. The Labute approximate surface area is 158 Å². The maximum Gasteiger partial charge on any atom is 0.416 e. The fourth-order valence-electron chi connectivity index (χ4n) is 2.17. The first kappa shape index (κ1) is 21.2. The van der Waals surface area contributed by atoms with Gasteiger partial charge in [0.2, 0.25) is 5.89 Å². The van der Waals surface area contributed by atoms with Gasteiger partial charge in [-0.1, -0.05) is 6.07 Å². The number of hydrogen-bond donors (Lipinski definition) is 1. The maximum atomic E-state index is 12.8. The molecule has 1 aromatic heterocycles. The van der Waals surface area contributed by atoms with Gasteiger partial charge in [0.25, 0.3) is 0 Å². The van der Waals surface area contributed by atoms with Crippen molar-refractivity contribution in [1.82, 2.24) is 9.88 Å². The quantitative estimate of drug-likeness (QED) is 0.717. The van der Waals surface area contributed by atoms with E-state index in [0.29, 0.717) is 0 Å². The van der Waals surface area contributed by atoms with Crippen molar-refractivity contribution in [3.63, 3.8) is 0 Å². The monoisotopic (exact) mass is 401 g/mol. The molecule has 0 radical (unpaired) electrons. The summed E-state index contributed by atoms with van der Waals surface area (Å²) in [6.07, 6.45) is -3.45. The molecule has 2 rings (SSSR count). The highest BCUT2D eigenvalue weighted by molar-refractivity contribution is 5.89. The number of urea groups is 1. The molecular formula is C17H18F3N3O5. The number of amides is 2. The van der Waals surface area contributed by atoms with Crippen LogP contribution in [-0.4, -0.2) is 49.3 Å². The van der Waals surface area contributed by atoms with E-state index in [1.54, 1.807) is 0 Å². The number of carbonyl (C=O) groups is 2. The van der Waals surface area contributed by atoms with Gasteiger partial charge in [-0.15, -0.1) is 0 Å². The Balaban J connectivity index is 2.12. The summed E-state index contributed by atoms with van der Waals surface area (Å²) in [5.74, 6) is -0.650. The number of ether oxygens (including phenoxy) is 2. The number of rotatable bonds is 7. The van der Waals surface area contributed by atoms with E-state index in [1.165, 1.54) is 31.3 Å². The van der Waals surface area contributed by atoms with Crippen molar-refractivity contribution in [3.05, 3.63) is 47.7 Å². The number of alkyl halides is 3. The highest BCUT2D eigenvalue weighted by atomic mass is 19.4. The number of nitrogens with one attached hydrogen (secondary N) is 1. The van der Waals surface area contributed by atoms with Crippen LogP contribution >= 0.6 is 0 Å². The lowest BCUT2D eigenvalue weighted by atomic mass is 10.2. The van der Waals surface area contributed by atoms with E-state index in [9.17, 15) is 22.8 Å². The summed E-state index contributed by atoms with van der Waals surface area (Å²) in [5.41, 5.74) is -0.975. The van der Waals surface area contributed by atoms with Crippen LogP contribution in [0.1, 0.15) is 21.9 Å². The lowest BCUT2D eigenvalue weighted by molar-refractivity contribution is -0.137. The topological polar surface area (TPSA) is 93.9 Å². The van der Waals surface area contributed by atoms with Crippen molar-refractivity contribution >= 4 is 17.7 Å². The van der Waals surface area contributed by atoms with Gasteiger partial charge in [-0.25, -0.2) is 14.6 Å². The number of nitrogens with zero attached hydrogens (tertiary/aromatic N) is 2. The summed E-state index contributed by atoms with van der Waals surface area (Å²) >= 11 is 0. The number of hydrogen-bond acceptors (Lipinski definition) is 6. The molecule has 0 saturated heterocycles. The molecule has 0 unspecified atom stereocenters. The fraction of sp³-hybridized carbons (Fsp3) is 0.353. The van der Waals surface area contributed by atoms with E-state index < -0.39 is 23.7 Å². The Morgan fingerprint density at radius 1 is 1.29 bits per heavy atom. The molecule has 0 bridgehead atoms. The molecule has 0 saturated carbocycles. The third-order valence-electron chi connectivity index (χ3n) is 3.57. The minimum absolute atomic E-state index is 0.0232. The molecule has 152 valence electrons. The first-order valence-corrected chi connectivity index (χ1v) is 7.99. The molecule has 2 aromatic rings. The Kier molecular flexibility index (Phi) is 6.99. The van der Waals surface area contributed by atoms with Crippen molar-refractivity contribution < 1.29 is 36.7 Å². The number of anilines is 1. The van der Waals surface area contributed by atoms with E-state index in [4.69, 9.17) is 9.15 Å². The number of carbonyl (C=O) groups excluding carboxylic acids is 2. The average Bonchev–Trinajstić information content (AvgIpc) is 3.12. The van der Waals surface area contributed by atoms with Gasteiger partial charge in [0.15, 0.2) is 5.69 Å². The number of aromatic nitrogens is 1. The first-order valence-electron chi connectivity index (χ1n) is 7.99. The van der Waals surface area contributed by atoms with Crippen LogP contribution in [0.4, 0.5) is 23.7 Å². The molecule has 8 nitrogen and oxygen atoms in total. The third kappa shape index (κ3) is 5.71. The van der Waals surface area contributed by atoms with Crippen LogP contribution in [0.2, 0.25) is 0 Å². The zero-order chi connectivity index (χ0) is 20.7.